The highest BCUT2D eigenvalue weighted by Gasteiger charge is 2.97. The summed E-state index contributed by atoms with van der Waals surface area (Å²) in [6.45, 7) is 0. The average Bonchev–Trinajstić information content (AvgIpc) is 2.85. The number of halogens is 30. The van der Waals surface area contributed by atoms with Gasteiger partial charge in [0.25, 0.3) is 20.0 Å². The van der Waals surface area contributed by atoms with Gasteiger partial charge in [-0.3, -0.25) is 0 Å². The lowest BCUT2D eigenvalue weighted by Gasteiger charge is -2.41. The van der Waals surface area contributed by atoms with Crippen molar-refractivity contribution in [3.8, 4) is 0 Å². The Balaban J connectivity index is 7.43. The summed E-state index contributed by atoms with van der Waals surface area (Å²) in [6, 6.07) is 0. The zero-order valence-electron chi connectivity index (χ0n) is 21.3. The fraction of sp³-hybridized carbons (Fsp3) is 1.00. The predicted molar refractivity (Wildman–Crippen MR) is 92.4 cm³/mol. The first-order chi connectivity index (χ1) is 21.2. The molecule has 0 fully saturated rings. The first-order valence-electron chi connectivity index (χ1n) is 10.2. The van der Waals surface area contributed by atoms with E-state index in [1.807, 2.05) is 0 Å². The molecule has 0 saturated carbocycles. The van der Waals surface area contributed by atoms with Crippen LogP contribution in [0.4, 0.5) is 132 Å². The number of alkyl halides is 30. The van der Waals surface area contributed by atoms with Crippen LogP contribution in [0, 0.1) is 0 Å². The molecule has 0 spiro atoms. The first-order valence-corrected chi connectivity index (χ1v) is 13.1. The molecule has 0 bridgehead atoms. The first kappa shape index (κ1) is 48.8. The minimum absolute atomic E-state index is 2.24. The van der Waals surface area contributed by atoms with Crippen molar-refractivity contribution >= 4 is 20.0 Å². The van der Waals surface area contributed by atoms with Crippen molar-refractivity contribution in [3.63, 3.8) is 0 Å². The molecule has 0 aromatic rings. The fourth-order valence-electron chi connectivity index (χ4n) is 2.49. The summed E-state index contributed by atoms with van der Waals surface area (Å²) in [5.41, 5.74) is 0. The van der Waals surface area contributed by atoms with Crippen LogP contribution in [0.5, 0.6) is 0 Å². The van der Waals surface area contributed by atoms with Crippen molar-refractivity contribution in [3.05, 3.63) is 0 Å². The maximum absolute atomic E-state index is 13.8. The Morgan fingerprint density at radius 3 is 0.529 bits per heavy atom. The molecule has 0 aromatic heterocycles. The SMILES string of the molecule is O=S(=O)(NS(=O)(=O)C(F)(F)C(F)(F)C(F)(F)C(F)(F)C(F)(F)C(F)(F)C(F)(F)F)C(F)(F)C(F)(F)C(F)(F)C(F)(F)C(F)(F)C(F)(F)C(F)(F)F. The second kappa shape index (κ2) is 11.6. The van der Waals surface area contributed by atoms with E-state index in [1.54, 1.807) is 0 Å². The van der Waals surface area contributed by atoms with E-state index in [9.17, 15) is 149 Å². The highest BCUT2D eigenvalue weighted by Crippen LogP contribution is 2.65. The lowest BCUT2D eigenvalue weighted by atomic mass is 9.94. The highest BCUT2D eigenvalue weighted by molar-refractivity contribution is 8.05. The Kier molecular flexibility index (Phi) is 11.1. The van der Waals surface area contributed by atoms with Gasteiger partial charge in [-0.25, -0.2) is 16.8 Å². The van der Waals surface area contributed by atoms with E-state index in [2.05, 4.69) is 0 Å². The molecule has 0 heterocycles. The molecule has 0 rings (SSSR count). The standard InChI is InChI=1S/C14HF30NO4S2/c15-1(16,3(19,20)7(27,28)11(35,36)37)5(23,24)9(31,32)13(41,42)50(46,47)45-51(48,49)14(43,44)10(33,34)6(25,26)2(17,18)4(21,22)8(29,30)12(38,39)40/h45H. The molecule has 308 valence electrons. The Hall–Kier alpha value is -2.24. The molecule has 37 heteroatoms. The summed E-state index contributed by atoms with van der Waals surface area (Å²) in [6.07, 6.45) is -16.5. The Labute approximate surface area is 256 Å². The third-order valence-corrected chi connectivity index (χ3v) is 9.11. The van der Waals surface area contributed by atoms with Gasteiger partial charge < -0.3 is 0 Å². The third kappa shape index (κ3) is 5.94. The number of rotatable bonds is 14. The molecule has 0 aromatic carbocycles. The molecular formula is C14HF30NO4S2. The highest BCUT2D eigenvalue weighted by atomic mass is 32.3. The van der Waals surface area contributed by atoms with Crippen LogP contribution >= 0.6 is 0 Å². The molecule has 0 aliphatic carbocycles. The molecule has 0 aliphatic rings. The van der Waals surface area contributed by atoms with Crippen molar-refractivity contribution in [1.82, 2.24) is 4.13 Å². The maximum atomic E-state index is 13.8. The third-order valence-electron chi connectivity index (χ3n) is 5.49. The van der Waals surface area contributed by atoms with E-state index in [1.165, 1.54) is 0 Å². The topological polar surface area (TPSA) is 80.3 Å². The minimum atomic E-state index is -9.68. The monoisotopic (exact) mass is 881 g/mol. The Bertz CT molecular complexity index is 1420. The van der Waals surface area contributed by atoms with Crippen LogP contribution in [0.3, 0.4) is 0 Å². The summed E-state index contributed by atoms with van der Waals surface area (Å²) in [7, 11) is -19.4. The number of sulfonamides is 2. The molecule has 0 aliphatic heterocycles. The summed E-state index contributed by atoms with van der Waals surface area (Å²) >= 11 is 0. The summed E-state index contributed by atoms with van der Waals surface area (Å²) in [5.74, 6) is -92.7. The average molecular weight is 881 g/mol. The zero-order valence-corrected chi connectivity index (χ0v) is 22.9. The minimum Gasteiger partial charge on any atom is -0.205 e. The van der Waals surface area contributed by atoms with Crippen LogP contribution in [0.2, 0.25) is 0 Å². The fourth-order valence-corrected chi connectivity index (χ4v) is 5.42. The molecule has 51 heavy (non-hydrogen) atoms. The van der Waals surface area contributed by atoms with Crippen LogP contribution in [0.15, 0.2) is 0 Å². The predicted octanol–water partition coefficient (Wildman–Crippen LogP) is 7.90. The normalized spacial score (nSPS) is 17.2. The smallest absolute Gasteiger partial charge is 0.205 e. The molecular weight excluding hydrogens is 880 g/mol. The van der Waals surface area contributed by atoms with Gasteiger partial charge in [0.15, 0.2) is 0 Å². The van der Waals surface area contributed by atoms with Gasteiger partial charge in [-0.05, 0) is 0 Å². The van der Waals surface area contributed by atoms with Gasteiger partial charge in [0.05, 0.1) is 0 Å². The zero-order chi connectivity index (χ0) is 42.7. The van der Waals surface area contributed by atoms with E-state index in [4.69, 9.17) is 0 Å². The van der Waals surface area contributed by atoms with Crippen LogP contribution in [-0.2, 0) is 20.0 Å². The second-order valence-corrected chi connectivity index (χ2v) is 12.6. The largest absolute Gasteiger partial charge is 0.460 e. The van der Waals surface area contributed by atoms with Crippen molar-refractivity contribution in [2.45, 2.75) is 82.1 Å². The second-order valence-electron chi connectivity index (χ2n) is 8.86. The summed E-state index contributed by atoms with van der Waals surface area (Å²) < 4.78 is 437. The molecule has 1 N–H and O–H groups in total. The van der Waals surface area contributed by atoms with Crippen LogP contribution in [-0.4, -0.2) is 98.9 Å². The molecule has 5 nitrogen and oxygen atoms in total. The van der Waals surface area contributed by atoms with Crippen LogP contribution < -0.4 is 4.13 Å². The summed E-state index contributed by atoms with van der Waals surface area (Å²) in [5, 5.41) is -18.3. The van der Waals surface area contributed by atoms with Gasteiger partial charge in [-0.2, -0.15) is 132 Å². The van der Waals surface area contributed by atoms with Crippen molar-refractivity contribution in [1.29, 1.82) is 0 Å². The van der Waals surface area contributed by atoms with Gasteiger partial charge in [0.1, 0.15) is 0 Å². The van der Waals surface area contributed by atoms with Gasteiger partial charge >= 0.3 is 82.1 Å². The lowest BCUT2D eigenvalue weighted by Crippen LogP contribution is -2.75. The molecule has 0 radical (unpaired) electrons. The lowest BCUT2D eigenvalue weighted by molar-refractivity contribution is -0.447. The van der Waals surface area contributed by atoms with E-state index in [0.29, 0.717) is 0 Å². The van der Waals surface area contributed by atoms with Crippen molar-refractivity contribution in [2.75, 3.05) is 0 Å². The Morgan fingerprint density at radius 1 is 0.235 bits per heavy atom. The number of hydrogen-bond acceptors (Lipinski definition) is 4. The van der Waals surface area contributed by atoms with E-state index in [-0.39, 0.29) is 0 Å². The molecule has 0 saturated heterocycles. The maximum Gasteiger partial charge on any atom is 0.460 e. The quantitative estimate of drug-likeness (QED) is 0.180. The van der Waals surface area contributed by atoms with Gasteiger partial charge in [-0.1, -0.05) is 4.13 Å². The van der Waals surface area contributed by atoms with E-state index < -0.39 is 106 Å². The van der Waals surface area contributed by atoms with Gasteiger partial charge in [-0.15, -0.1) is 0 Å². The van der Waals surface area contributed by atoms with Gasteiger partial charge in [0.2, 0.25) is 0 Å². The van der Waals surface area contributed by atoms with Crippen LogP contribution in [0.1, 0.15) is 0 Å². The molecule has 0 amide bonds. The van der Waals surface area contributed by atoms with E-state index in [0.717, 1.165) is 0 Å². The number of nitrogens with one attached hydrogen (secondary N) is 1. The Morgan fingerprint density at radius 2 is 0.373 bits per heavy atom. The molecule has 0 atom stereocenters. The van der Waals surface area contributed by atoms with Crippen molar-refractivity contribution < 1.29 is 149 Å². The number of hydrogen-bond donors (Lipinski definition) is 1. The summed E-state index contributed by atoms with van der Waals surface area (Å²) in [4.78, 5) is 0. The molecule has 0 unspecified atom stereocenters. The van der Waals surface area contributed by atoms with Crippen molar-refractivity contribution in [2.24, 2.45) is 0 Å². The van der Waals surface area contributed by atoms with Crippen LogP contribution in [0.25, 0.3) is 0 Å². The van der Waals surface area contributed by atoms with E-state index >= 15 is 0 Å². The van der Waals surface area contributed by atoms with Gasteiger partial charge in [0, 0.05) is 0 Å².